The number of nitrogens with one attached hydrogen (secondary N) is 1. The van der Waals surface area contributed by atoms with E-state index in [0.717, 1.165) is 57.4 Å². The molecule has 1 aromatic carbocycles. The van der Waals surface area contributed by atoms with Crippen molar-refractivity contribution in [3.8, 4) is 5.75 Å². The second-order valence-electron chi connectivity index (χ2n) is 9.61. The molecule has 1 amide bonds. The van der Waals surface area contributed by atoms with Gasteiger partial charge in [-0.25, -0.2) is 0 Å². The van der Waals surface area contributed by atoms with Crippen molar-refractivity contribution in [3.63, 3.8) is 0 Å². The fourth-order valence-corrected chi connectivity index (χ4v) is 5.61. The van der Waals surface area contributed by atoms with Gasteiger partial charge in [0, 0.05) is 25.0 Å². The first kappa shape index (κ1) is 24.1. The Bertz CT molecular complexity index is 692. The molecule has 5 heteroatoms. The van der Waals surface area contributed by atoms with Gasteiger partial charge in [0.25, 0.3) is 0 Å². The lowest BCUT2D eigenvalue weighted by Gasteiger charge is -2.52. The number of carbonyl (C=O) groups excluding carboxylic acids is 1. The van der Waals surface area contributed by atoms with E-state index in [1.807, 2.05) is 12.1 Å². The van der Waals surface area contributed by atoms with Crippen LogP contribution in [0, 0.1) is 11.8 Å². The zero-order valence-electron chi connectivity index (χ0n) is 19.7. The molecule has 1 aliphatic heterocycles. The fourth-order valence-electron chi connectivity index (χ4n) is 5.61. The minimum absolute atomic E-state index is 0.0674. The van der Waals surface area contributed by atoms with Crippen molar-refractivity contribution in [2.24, 2.45) is 11.8 Å². The summed E-state index contributed by atoms with van der Waals surface area (Å²) in [5.41, 5.74) is 0.566. The maximum atomic E-state index is 12.9. The van der Waals surface area contributed by atoms with E-state index in [1.165, 1.54) is 24.8 Å². The van der Waals surface area contributed by atoms with Crippen LogP contribution < -0.4 is 10.1 Å². The van der Waals surface area contributed by atoms with Gasteiger partial charge in [0.1, 0.15) is 5.75 Å². The van der Waals surface area contributed by atoms with E-state index in [-0.39, 0.29) is 17.9 Å². The highest BCUT2D eigenvalue weighted by Crippen LogP contribution is 2.49. The van der Waals surface area contributed by atoms with E-state index in [2.05, 4.69) is 36.2 Å². The molecule has 4 atom stereocenters. The number of carbonyl (C=O) groups is 1. The summed E-state index contributed by atoms with van der Waals surface area (Å²) in [6.45, 7) is 6.34. The largest absolute Gasteiger partial charge is 0.497 e. The standard InChI is InChI=1S/C26H42N2O3/c1-4-6-9-20(5-2)18-27-24(29)19-28-17-16-26(30)15-8-7-10-23(26)25(28)21-11-13-22(31-3)14-12-21/h11-14,20,23,25,30H,4-10,15-19H2,1-3H3,(H,27,29)/t20-,23-,25-,26-/m1/s1. The highest BCUT2D eigenvalue weighted by molar-refractivity contribution is 5.78. The van der Waals surface area contributed by atoms with Crippen LogP contribution in [0.3, 0.4) is 0 Å². The number of likely N-dealkylation sites (tertiary alicyclic amines) is 1. The van der Waals surface area contributed by atoms with Crippen LogP contribution in [-0.2, 0) is 4.79 Å². The molecule has 0 radical (unpaired) electrons. The zero-order valence-corrected chi connectivity index (χ0v) is 19.7. The number of unbranched alkanes of at least 4 members (excludes halogenated alkanes) is 1. The molecular weight excluding hydrogens is 388 g/mol. The summed E-state index contributed by atoms with van der Waals surface area (Å²) in [7, 11) is 1.68. The van der Waals surface area contributed by atoms with Crippen molar-refractivity contribution in [1.29, 1.82) is 0 Å². The third kappa shape index (κ3) is 6.01. The normalized spacial score (nSPS) is 27.4. The maximum Gasteiger partial charge on any atom is 0.234 e. The van der Waals surface area contributed by atoms with Crippen molar-refractivity contribution in [2.75, 3.05) is 26.7 Å². The minimum atomic E-state index is -0.608. The second-order valence-corrected chi connectivity index (χ2v) is 9.61. The van der Waals surface area contributed by atoms with Crippen molar-refractivity contribution < 1.29 is 14.6 Å². The van der Waals surface area contributed by atoms with E-state index in [9.17, 15) is 9.90 Å². The van der Waals surface area contributed by atoms with E-state index in [4.69, 9.17) is 4.74 Å². The van der Waals surface area contributed by atoms with Gasteiger partial charge in [-0.1, -0.05) is 58.1 Å². The highest BCUT2D eigenvalue weighted by Gasteiger charge is 2.49. The zero-order chi connectivity index (χ0) is 22.3. The monoisotopic (exact) mass is 430 g/mol. The first-order valence-corrected chi connectivity index (χ1v) is 12.4. The molecule has 0 unspecified atom stereocenters. The van der Waals surface area contributed by atoms with Crippen molar-refractivity contribution >= 4 is 5.91 Å². The van der Waals surface area contributed by atoms with Crippen molar-refractivity contribution in [3.05, 3.63) is 29.8 Å². The molecule has 2 aliphatic rings. The van der Waals surface area contributed by atoms with E-state index in [1.54, 1.807) is 7.11 Å². The molecule has 5 nitrogen and oxygen atoms in total. The molecule has 3 rings (SSSR count). The number of nitrogens with zero attached hydrogens (tertiary/aromatic N) is 1. The Morgan fingerprint density at radius 3 is 2.71 bits per heavy atom. The summed E-state index contributed by atoms with van der Waals surface area (Å²) in [4.78, 5) is 15.2. The van der Waals surface area contributed by atoms with Crippen LogP contribution in [0.25, 0.3) is 0 Å². The number of rotatable bonds is 10. The summed E-state index contributed by atoms with van der Waals surface area (Å²) in [5, 5.41) is 14.6. The SMILES string of the molecule is CCCC[C@@H](CC)CNC(=O)CN1CC[C@]2(O)CCCC[C@@H]2[C@H]1c1ccc(OC)cc1. The number of hydrogen-bond donors (Lipinski definition) is 2. The number of hydrogen-bond acceptors (Lipinski definition) is 4. The summed E-state index contributed by atoms with van der Waals surface area (Å²) in [6, 6.07) is 8.25. The Labute approximate surface area is 188 Å². The third-order valence-corrected chi connectivity index (χ3v) is 7.61. The Balaban J connectivity index is 1.71. The van der Waals surface area contributed by atoms with Crippen LogP contribution in [0.4, 0.5) is 0 Å². The van der Waals surface area contributed by atoms with Gasteiger partial charge in [0.15, 0.2) is 0 Å². The lowest BCUT2D eigenvalue weighted by Crippen LogP contribution is -2.56. The number of aliphatic hydroxyl groups is 1. The number of methoxy groups -OCH3 is 1. The predicted molar refractivity (Wildman–Crippen MR) is 125 cm³/mol. The number of ether oxygens (including phenoxy) is 1. The average Bonchev–Trinajstić information content (AvgIpc) is 2.79. The Morgan fingerprint density at radius 2 is 2.03 bits per heavy atom. The molecule has 2 fully saturated rings. The quantitative estimate of drug-likeness (QED) is 0.565. The summed E-state index contributed by atoms with van der Waals surface area (Å²) >= 11 is 0. The molecule has 1 saturated carbocycles. The fraction of sp³-hybridized carbons (Fsp3) is 0.731. The van der Waals surface area contributed by atoms with Gasteiger partial charge in [-0.3, -0.25) is 9.69 Å². The Hall–Kier alpha value is -1.59. The summed E-state index contributed by atoms with van der Waals surface area (Å²) < 4.78 is 5.34. The molecule has 0 bridgehead atoms. The van der Waals surface area contributed by atoms with Gasteiger partial charge < -0.3 is 15.2 Å². The smallest absolute Gasteiger partial charge is 0.234 e. The summed E-state index contributed by atoms with van der Waals surface area (Å²) in [5.74, 6) is 1.67. The number of amides is 1. The molecule has 2 N–H and O–H groups in total. The van der Waals surface area contributed by atoms with Crippen molar-refractivity contribution in [2.45, 2.75) is 83.3 Å². The maximum absolute atomic E-state index is 12.9. The molecule has 174 valence electrons. The molecular formula is C26H42N2O3. The predicted octanol–water partition coefficient (Wildman–Crippen LogP) is 4.70. The van der Waals surface area contributed by atoms with Crippen LogP contribution in [0.1, 0.15) is 83.2 Å². The first-order valence-electron chi connectivity index (χ1n) is 12.4. The summed E-state index contributed by atoms with van der Waals surface area (Å²) in [6.07, 6.45) is 9.60. The molecule has 0 aromatic heterocycles. The van der Waals surface area contributed by atoms with E-state index < -0.39 is 5.60 Å². The van der Waals surface area contributed by atoms with Gasteiger partial charge in [-0.2, -0.15) is 0 Å². The Morgan fingerprint density at radius 1 is 1.26 bits per heavy atom. The van der Waals surface area contributed by atoms with Crippen LogP contribution in [-0.4, -0.2) is 48.3 Å². The lowest BCUT2D eigenvalue weighted by atomic mass is 9.66. The molecule has 1 aliphatic carbocycles. The van der Waals surface area contributed by atoms with E-state index in [0.29, 0.717) is 12.5 Å². The molecule has 0 spiro atoms. The minimum Gasteiger partial charge on any atom is -0.497 e. The highest BCUT2D eigenvalue weighted by atomic mass is 16.5. The van der Waals surface area contributed by atoms with Crippen LogP contribution in [0.15, 0.2) is 24.3 Å². The van der Waals surface area contributed by atoms with Gasteiger partial charge in [0.2, 0.25) is 5.91 Å². The number of fused-ring (bicyclic) bond motifs is 1. The lowest BCUT2D eigenvalue weighted by molar-refractivity contribution is -0.138. The first-order chi connectivity index (χ1) is 15.0. The third-order valence-electron chi connectivity index (χ3n) is 7.61. The molecule has 31 heavy (non-hydrogen) atoms. The topological polar surface area (TPSA) is 61.8 Å². The number of benzene rings is 1. The van der Waals surface area contributed by atoms with Gasteiger partial charge in [-0.15, -0.1) is 0 Å². The second kappa shape index (κ2) is 11.3. The van der Waals surface area contributed by atoms with Crippen LogP contribution in [0.5, 0.6) is 5.75 Å². The van der Waals surface area contributed by atoms with Crippen molar-refractivity contribution in [1.82, 2.24) is 10.2 Å². The van der Waals surface area contributed by atoms with Gasteiger partial charge in [-0.05, 0) is 49.3 Å². The molecule has 1 heterocycles. The van der Waals surface area contributed by atoms with Crippen LogP contribution >= 0.6 is 0 Å². The molecule has 1 saturated heterocycles. The average molecular weight is 431 g/mol. The van der Waals surface area contributed by atoms with Gasteiger partial charge in [0.05, 0.1) is 19.3 Å². The Kier molecular flexibility index (Phi) is 8.79. The van der Waals surface area contributed by atoms with Gasteiger partial charge >= 0.3 is 0 Å². The van der Waals surface area contributed by atoms with Crippen LogP contribution in [0.2, 0.25) is 0 Å². The molecule has 1 aromatic rings. The number of piperidine rings is 1. The van der Waals surface area contributed by atoms with E-state index >= 15 is 0 Å².